The quantitative estimate of drug-likeness (QED) is 0.775. The minimum absolute atomic E-state index is 0.0369. The third-order valence-electron chi connectivity index (χ3n) is 2.37. The molecule has 0 aromatic heterocycles. The van der Waals surface area contributed by atoms with Crippen molar-refractivity contribution < 1.29 is 19.1 Å². The number of halogens is 2. The molecule has 1 rings (SSSR count). The second kappa shape index (κ2) is 7.08. The van der Waals surface area contributed by atoms with Gasteiger partial charge in [-0.25, -0.2) is 9.18 Å². The van der Waals surface area contributed by atoms with Gasteiger partial charge in [-0.05, 0) is 41.4 Å². The molecule has 0 aliphatic carbocycles. The Morgan fingerprint density at radius 2 is 2.16 bits per heavy atom. The molecule has 0 aliphatic rings. The topological polar surface area (TPSA) is 78.4 Å². The van der Waals surface area contributed by atoms with E-state index >= 15 is 0 Å². The van der Waals surface area contributed by atoms with Crippen LogP contribution in [0.15, 0.2) is 22.7 Å². The second-order valence-electron chi connectivity index (χ2n) is 4.03. The number of hydrogen-bond acceptors (Lipinski definition) is 2. The van der Waals surface area contributed by atoms with Crippen LogP contribution in [0.1, 0.15) is 19.8 Å². The Hall–Kier alpha value is -1.63. The van der Waals surface area contributed by atoms with Crippen LogP contribution in [-0.4, -0.2) is 23.1 Å². The number of carbonyl (C=O) groups excluding carboxylic acids is 1. The SMILES string of the molecule is CC(CCC(=O)O)NC(=O)Nc1c(F)cccc1Br. The number of benzene rings is 1. The highest BCUT2D eigenvalue weighted by molar-refractivity contribution is 9.10. The van der Waals surface area contributed by atoms with E-state index in [2.05, 4.69) is 26.6 Å². The van der Waals surface area contributed by atoms with Crippen molar-refractivity contribution in [1.29, 1.82) is 0 Å². The number of aliphatic carboxylic acids is 1. The summed E-state index contributed by atoms with van der Waals surface area (Å²) in [6, 6.07) is 3.45. The molecule has 1 atom stereocenters. The first-order chi connectivity index (χ1) is 8.90. The van der Waals surface area contributed by atoms with Crippen LogP contribution < -0.4 is 10.6 Å². The van der Waals surface area contributed by atoms with Crippen molar-refractivity contribution in [3.05, 3.63) is 28.5 Å². The van der Waals surface area contributed by atoms with Gasteiger partial charge in [-0.2, -0.15) is 0 Å². The van der Waals surface area contributed by atoms with Gasteiger partial charge in [-0.1, -0.05) is 6.07 Å². The summed E-state index contributed by atoms with van der Waals surface area (Å²) in [5.74, 6) is -1.48. The molecule has 3 N–H and O–H groups in total. The van der Waals surface area contributed by atoms with Crippen LogP contribution in [0.4, 0.5) is 14.9 Å². The molecule has 1 aromatic carbocycles. The molecular formula is C12H14BrFN2O3. The largest absolute Gasteiger partial charge is 0.481 e. The van der Waals surface area contributed by atoms with Crippen molar-refractivity contribution in [2.45, 2.75) is 25.8 Å². The molecule has 1 aromatic rings. The monoisotopic (exact) mass is 332 g/mol. The summed E-state index contributed by atoms with van der Waals surface area (Å²) in [6.07, 6.45) is 0.270. The lowest BCUT2D eigenvalue weighted by molar-refractivity contribution is -0.137. The van der Waals surface area contributed by atoms with E-state index in [1.165, 1.54) is 12.1 Å². The summed E-state index contributed by atoms with van der Waals surface area (Å²) in [4.78, 5) is 22.0. The molecule has 2 amide bonds. The number of hydrogen-bond donors (Lipinski definition) is 3. The number of carboxylic acids is 1. The van der Waals surface area contributed by atoms with Gasteiger partial charge in [0.1, 0.15) is 5.82 Å². The second-order valence-corrected chi connectivity index (χ2v) is 4.88. The lowest BCUT2D eigenvalue weighted by Gasteiger charge is -2.14. The third-order valence-corrected chi connectivity index (χ3v) is 3.03. The molecule has 5 nitrogen and oxygen atoms in total. The first-order valence-corrected chi connectivity index (χ1v) is 6.42. The smallest absolute Gasteiger partial charge is 0.319 e. The molecule has 0 aliphatic heterocycles. The highest BCUT2D eigenvalue weighted by Gasteiger charge is 2.12. The summed E-state index contributed by atoms with van der Waals surface area (Å²) in [5.41, 5.74) is 0.0467. The van der Waals surface area contributed by atoms with E-state index in [4.69, 9.17) is 5.11 Å². The Bertz CT molecular complexity index is 462. The van der Waals surface area contributed by atoms with Crippen LogP contribution in [-0.2, 0) is 4.79 Å². The first-order valence-electron chi connectivity index (χ1n) is 5.63. The fourth-order valence-corrected chi connectivity index (χ4v) is 1.84. The highest BCUT2D eigenvalue weighted by Crippen LogP contribution is 2.24. The van der Waals surface area contributed by atoms with E-state index in [0.717, 1.165) is 0 Å². The molecule has 0 fully saturated rings. The number of rotatable bonds is 5. The van der Waals surface area contributed by atoms with E-state index in [0.29, 0.717) is 10.9 Å². The predicted molar refractivity (Wildman–Crippen MR) is 72.6 cm³/mol. The lowest BCUT2D eigenvalue weighted by atomic mass is 10.2. The summed E-state index contributed by atoms with van der Waals surface area (Å²) < 4.78 is 13.9. The summed E-state index contributed by atoms with van der Waals surface area (Å²) >= 11 is 3.13. The average molecular weight is 333 g/mol. The van der Waals surface area contributed by atoms with Crippen molar-refractivity contribution in [3.8, 4) is 0 Å². The van der Waals surface area contributed by atoms with Crippen LogP contribution in [0, 0.1) is 5.82 Å². The normalized spacial score (nSPS) is 11.7. The lowest BCUT2D eigenvalue weighted by Crippen LogP contribution is -2.36. The van der Waals surface area contributed by atoms with Gasteiger partial charge >= 0.3 is 12.0 Å². The fraction of sp³-hybridized carbons (Fsp3) is 0.333. The van der Waals surface area contributed by atoms with E-state index in [1.54, 1.807) is 13.0 Å². The Labute approximate surface area is 118 Å². The Balaban J connectivity index is 2.53. The van der Waals surface area contributed by atoms with Crippen LogP contribution in [0.3, 0.4) is 0 Å². The third kappa shape index (κ3) is 5.25. The zero-order valence-corrected chi connectivity index (χ0v) is 11.8. The van der Waals surface area contributed by atoms with Crippen molar-refractivity contribution >= 4 is 33.6 Å². The summed E-state index contributed by atoms with van der Waals surface area (Å²) in [6.45, 7) is 1.68. The van der Waals surface area contributed by atoms with Gasteiger partial charge in [0, 0.05) is 16.9 Å². The van der Waals surface area contributed by atoms with E-state index < -0.39 is 17.8 Å². The van der Waals surface area contributed by atoms with Crippen molar-refractivity contribution in [2.75, 3.05) is 5.32 Å². The van der Waals surface area contributed by atoms with Crippen molar-refractivity contribution in [3.63, 3.8) is 0 Å². The number of urea groups is 1. The van der Waals surface area contributed by atoms with Gasteiger partial charge in [-0.15, -0.1) is 0 Å². The molecule has 0 bridgehead atoms. The number of anilines is 1. The number of amides is 2. The van der Waals surface area contributed by atoms with E-state index in [9.17, 15) is 14.0 Å². The Kier molecular flexibility index (Phi) is 5.75. The minimum atomic E-state index is -0.925. The van der Waals surface area contributed by atoms with E-state index in [1.807, 2.05) is 0 Å². The maximum absolute atomic E-state index is 13.5. The maximum Gasteiger partial charge on any atom is 0.319 e. The number of para-hydroxylation sites is 1. The van der Waals surface area contributed by atoms with Gasteiger partial charge in [0.25, 0.3) is 0 Å². The zero-order valence-electron chi connectivity index (χ0n) is 10.2. The highest BCUT2D eigenvalue weighted by atomic mass is 79.9. The standard InChI is InChI=1S/C12H14BrFN2O3/c1-7(5-6-10(17)18)15-12(19)16-11-8(13)3-2-4-9(11)14/h2-4,7H,5-6H2,1H3,(H,17,18)(H2,15,16,19). The summed E-state index contributed by atoms with van der Waals surface area (Å²) in [5, 5.41) is 13.4. The molecule has 7 heteroatoms. The maximum atomic E-state index is 13.5. The van der Waals surface area contributed by atoms with E-state index in [-0.39, 0.29) is 18.2 Å². The minimum Gasteiger partial charge on any atom is -0.481 e. The van der Waals surface area contributed by atoms with Crippen LogP contribution >= 0.6 is 15.9 Å². The number of nitrogens with one attached hydrogen (secondary N) is 2. The van der Waals surface area contributed by atoms with Crippen molar-refractivity contribution in [2.24, 2.45) is 0 Å². The van der Waals surface area contributed by atoms with Gasteiger partial charge in [-0.3, -0.25) is 4.79 Å². The first kappa shape index (κ1) is 15.4. The molecular weight excluding hydrogens is 319 g/mol. The molecule has 104 valence electrons. The van der Waals surface area contributed by atoms with Gasteiger partial charge in [0.05, 0.1) is 5.69 Å². The zero-order chi connectivity index (χ0) is 14.4. The molecule has 0 radical (unpaired) electrons. The number of carbonyl (C=O) groups is 2. The summed E-state index contributed by atoms with van der Waals surface area (Å²) in [7, 11) is 0. The van der Waals surface area contributed by atoms with Crippen LogP contribution in [0.25, 0.3) is 0 Å². The van der Waals surface area contributed by atoms with Gasteiger partial charge < -0.3 is 15.7 Å². The average Bonchev–Trinajstić information content (AvgIpc) is 2.31. The van der Waals surface area contributed by atoms with Crippen LogP contribution in [0.5, 0.6) is 0 Å². The molecule has 1 unspecified atom stereocenters. The Morgan fingerprint density at radius 3 is 2.74 bits per heavy atom. The molecule has 0 saturated heterocycles. The van der Waals surface area contributed by atoms with Gasteiger partial charge in [0.2, 0.25) is 0 Å². The molecule has 19 heavy (non-hydrogen) atoms. The number of carboxylic acid groups (broad SMARTS) is 1. The van der Waals surface area contributed by atoms with Gasteiger partial charge in [0.15, 0.2) is 0 Å². The predicted octanol–water partition coefficient (Wildman–Crippen LogP) is 2.96. The van der Waals surface area contributed by atoms with Crippen LogP contribution in [0.2, 0.25) is 0 Å². The fourth-order valence-electron chi connectivity index (χ4n) is 1.40. The molecule has 0 spiro atoms. The molecule has 0 saturated carbocycles. The van der Waals surface area contributed by atoms with Crippen molar-refractivity contribution in [1.82, 2.24) is 5.32 Å². The Morgan fingerprint density at radius 1 is 1.47 bits per heavy atom. The molecule has 0 heterocycles.